The van der Waals surface area contributed by atoms with Gasteiger partial charge in [-0.1, -0.05) is 0 Å². The normalized spacial score (nSPS) is 18.5. The number of nitrogens with zero attached hydrogens (tertiary/aromatic N) is 4. The van der Waals surface area contributed by atoms with Crippen LogP contribution in [0.4, 0.5) is 4.79 Å². The van der Waals surface area contributed by atoms with Crippen molar-refractivity contribution >= 4 is 6.03 Å². The molecular formula is C17H24N6O2. The molecule has 0 spiro atoms. The second-order valence-electron chi connectivity index (χ2n) is 7.02. The van der Waals surface area contributed by atoms with Crippen molar-refractivity contribution in [2.24, 2.45) is 7.05 Å². The van der Waals surface area contributed by atoms with Gasteiger partial charge in [-0.3, -0.25) is 4.98 Å². The molecule has 0 bridgehead atoms. The van der Waals surface area contributed by atoms with Crippen molar-refractivity contribution in [2.75, 3.05) is 13.1 Å². The third kappa shape index (κ3) is 3.33. The molecule has 2 aliphatic rings. The van der Waals surface area contributed by atoms with Crippen molar-refractivity contribution in [1.29, 1.82) is 0 Å². The Bertz CT molecular complexity index is 807. The van der Waals surface area contributed by atoms with E-state index in [1.165, 1.54) is 0 Å². The highest BCUT2D eigenvalue weighted by atomic mass is 16.2. The minimum Gasteiger partial charge on any atom is -0.353 e. The second kappa shape index (κ2) is 6.42. The maximum atomic E-state index is 12.3. The number of aromatic nitrogens is 4. The molecule has 1 aliphatic heterocycles. The number of aromatic amines is 1. The molecule has 2 aromatic rings. The van der Waals surface area contributed by atoms with Crippen LogP contribution in [-0.2, 0) is 13.6 Å². The van der Waals surface area contributed by atoms with Gasteiger partial charge in [0.05, 0.1) is 12.6 Å². The van der Waals surface area contributed by atoms with E-state index in [1.54, 1.807) is 4.68 Å². The van der Waals surface area contributed by atoms with Gasteiger partial charge >= 0.3 is 11.7 Å². The zero-order valence-electron chi connectivity index (χ0n) is 14.4. The van der Waals surface area contributed by atoms with Gasteiger partial charge < -0.3 is 14.8 Å². The first-order valence-corrected chi connectivity index (χ1v) is 8.93. The second-order valence-corrected chi connectivity index (χ2v) is 7.02. The topological polar surface area (TPSA) is 87.9 Å². The fourth-order valence-electron chi connectivity index (χ4n) is 3.41. The van der Waals surface area contributed by atoms with Gasteiger partial charge in [0.15, 0.2) is 0 Å². The molecule has 3 heterocycles. The van der Waals surface area contributed by atoms with Crippen LogP contribution in [0, 0.1) is 0 Å². The van der Waals surface area contributed by atoms with Crippen LogP contribution in [0.15, 0.2) is 23.1 Å². The largest absolute Gasteiger partial charge is 0.353 e. The van der Waals surface area contributed by atoms with E-state index in [0.29, 0.717) is 25.6 Å². The molecule has 0 radical (unpaired) electrons. The summed E-state index contributed by atoms with van der Waals surface area (Å²) in [4.78, 5) is 29.1. The Kier molecular flexibility index (Phi) is 4.10. The fourth-order valence-corrected chi connectivity index (χ4v) is 3.41. The first-order valence-electron chi connectivity index (χ1n) is 8.93. The number of H-pyrrole nitrogens is 1. The Hall–Kier alpha value is -2.51. The Morgan fingerprint density at radius 3 is 2.72 bits per heavy atom. The minimum absolute atomic E-state index is 0.0484. The lowest BCUT2D eigenvalue weighted by molar-refractivity contribution is 0.167. The van der Waals surface area contributed by atoms with Gasteiger partial charge in [0, 0.05) is 37.9 Å². The molecule has 134 valence electrons. The number of nitrogens with one attached hydrogen (secondary N) is 2. The zero-order chi connectivity index (χ0) is 17.4. The third-order valence-corrected chi connectivity index (χ3v) is 5.19. The summed E-state index contributed by atoms with van der Waals surface area (Å²) in [6.07, 6.45) is 5.71. The van der Waals surface area contributed by atoms with Gasteiger partial charge in [-0.15, -0.1) is 0 Å². The van der Waals surface area contributed by atoms with E-state index >= 15 is 0 Å². The summed E-state index contributed by atoms with van der Waals surface area (Å²) in [6.45, 7) is 1.80. The van der Waals surface area contributed by atoms with Crippen molar-refractivity contribution in [3.8, 4) is 0 Å². The van der Waals surface area contributed by atoms with E-state index in [4.69, 9.17) is 0 Å². The number of aryl methyl sites for hydroxylation is 1. The molecule has 0 unspecified atom stereocenters. The predicted molar refractivity (Wildman–Crippen MR) is 92.3 cm³/mol. The van der Waals surface area contributed by atoms with Crippen LogP contribution < -0.4 is 11.0 Å². The highest BCUT2D eigenvalue weighted by Gasteiger charge is 2.30. The standard InChI is InChI=1S/C17H24N6O2/c1-21-8-2-3-14(21)11-18-16(24)22-9-6-13(7-10-22)23-17(25)19-15(20-23)12-4-5-12/h2-3,8,12-13H,4-7,9-11H2,1H3,(H,18,24)(H,19,20,25). The summed E-state index contributed by atoms with van der Waals surface area (Å²) in [7, 11) is 1.96. The molecule has 0 atom stereocenters. The smallest absolute Gasteiger partial charge is 0.343 e. The molecule has 2 aromatic heterocycles. The Morgan fingerprint density at radius 2 is 2.08 bits per heavy atom. The number of piperidine rings is 1. The van der Waals surface area contributed by atoms with Gasteiger partial charge in [0.1, 0.15) is 5.82 Å². The summed E-state index contributed by atoms with van der Waals surface area (Å²) < 4.78 is 3.58. The van der Waals surface area contributed by atoms with Crippen molar-refractivity contribution in [1.82, 2.24) is 29.5 Å². The number of rotatable bonds is 4. The van der Waals surface area contributed by atoms with Gasteiger partial charge in [-0.05, 0) is 37.8 Å². The molecular weight excluding hydrogens is 320 g/mol. The lowest BCUT2D eigenvalue weighted by Gasteiger charge is -2.31. The number of urea groups is 1. The molecule has 25 heavy (non-hydrogen) atoms. The van der Waals surface area contributed by atoms with E-state index in [-0.39, 0.29) is 17.8 Å². The molecule has 1 aliphatic carbocycles. The van der Waals surface area contributed by atoms with Gasteiger partial charge in [0.25, 0.3) is 0 Å². The van der Waals surface area contributed by atoms with Crippen LogP contribution >= 0.6 is 0 Å². The fraction of sp³-hybridized carbons (Fsp3) is 0.588. The first kappa shape index (κ1) is 16.0. The summed E-state index contributed by atoms with van der Waals surface area (Å²) in [5.41, 5.74) is 0.951. The number of likely N-dealkylation sites (tertiary alicyclic amines) is 1. The van der Waals surface area contributed by atoms with Crippen LogP contribution in [-0.4, -0.2) is 43.4 Å². The molecule has 1 saturated carbocycles. The van der Waals surface area contributed by atoms with E-state index in [2.05, 4.69) is 15.4 Å². The summed E-state index contributed by atoms with van der Waals surface area (Å²) in [5, 5.41) is 7.44. The molecule has 8 heteroatoms. The zero-order valence-corrected chi connectivity index (χ0v) is 14.4. The Labute approximate surface area is 145 Å². The van der Waals surface area contributed by atoms with Gasteiger partial charge in [-0.25, -0.2) is 14.3 Å². The monoisotopic (exact) mass is 344 g/mol. The van der Waals surface area contributed by atoms with Crippen LogP contribution in [0.2, 0.25) is 0 Å². The average Bonchev–Trinajstić information content (AvgIpc) is 3.28. The van der Waals surface area contributed by atoms with Crippen molar-refractivity contribution in [3.05, 3.63) is 40.3 Å². The van der Waals surface area contributed by atoms with Crippen molar-refractivity contribution in [3.63, 3.8) is 0 Å². The Balaban J connectivity index is 1.31. The van der Waals surface area contributed by atoms with Crippen molar-refractivity contribution < 1.29 is 4.79 Å². The highest BCUT2D eigenvalue weighted by Crippen LogP contribution is 2.37. The summed E-state index contributed by atoms with van der Waals surface area (Å²) >= 11 is 0. The summed E-state index contributed by atoms with van der Waals surface area (Å²) in [6, 6.07) is 3.99. The van der Waals surface area contributed by atoms with Crippen LogP contribution in [0.5, 0.6) is 0 Å². The summed E-state index contributed by atoms with van der Waals surface area (Å²) in [5.74, 6) is 1.27. The van der Waals surface area contributed by atoms with E-state index in [1.807, 2.05) is 34.8 Å². The molecule has 0 aromatic carbocycles. The molecule has 4 rings (SSSR count). The van der Waals surface area contributed by atoms with E-state index < -0.39 is 0 Å². The average molecular weight is 344 g/mol. The maximum absolute atomic E-state index is 12.3. The maximum Gasteiger partial charge on any atom is 0.343 e. The van der Waals surface area contributed by atoms with Gasteiger partial charge in [0.2, 0.25) is 0 Å². The van der Waals surface area contributed by atoms with Crippen LogP contribution in [0.1, 0.15) is 49.2 Å². The Morgan fingerprint density at radius 1 is 1.32 bits per heavy atom. The molecule has 8 nitrogen and oxygen atoms in total. The number of amides is 2. The lowest BCUT2D eigenvalue weighted by atomic mass is 10.1. The predicted octanol–water partition coefficient (Wildman–Crippen LogP) is 1.33. The third-order valence-electron chi connectivity index (χ3n) is 5.19. The van der Waals surface area contributed by atoms with Crippen LogP contribution in [0.3, 0.4) is 0 Å². The molecule has 2 amide bonds. The first-order chi connectivity index (χ1) is 12.1. The number of hydrogen-bond acceptors (Lipinski definition) is 3. The van der Waals surface area contributed by atoms with E-state index in [9.17, 15) is 9.59 Å². The minimum atomic E-state index is -0.117. The van der Waals surface area contributed by atoms with Gasteiger partial charge in [-0.2, -0.15) is 5.10 Å². The SMILES string of the molecule is Cn1cccc1CNC(=O)N1CCC(n2nc(C3CC3)[nH]c2=O)CC1. The lowest BCUT2D eigenvalue weighted by Crippen LogP contribution is -2.45. The quantitative estimate of drug-likeness (QED) is 0.877. The molecule has 2 fully saturated rings. The molecule has 1 saturated heterocycles. The van der Waals surface area contributed by atoms with Crippen molar-refractivity contribution in [2.45, 2.75) is 44.2 Å². The number of carbonyl (C=O) groups is 1. The van der Waals surface area contributed by atoms with Crippen LogP contribution in [0.25, 0.3) is 0 Å². The number of hydrogen-bond donors (Lipinski definition) is 2. The molecule has 2 N–H and O–H groups in total. The van der Waals surface area contributed by atoms with E-state index in [0.717, 1.165) is 37.2 Å². The number of carbonyl (C=O) groups excluding carboxylic acids is 1. The highest BCUT2D eigenvalue weighted by molar-refractivity contribution is 5.74.